The van der Waals surface area contributed by atoms with E-state index in [0.717, 1.165) is 3.57 Å². The van der Waals surface area contributed by atoms with Crippen molar-refractivity contribution in [3.8, 4) is 6.07 Å². The Hall–Kier alpha value is -1.88. The van der Waals surface area contributed by atoms with Gasteiger partial charge in [-0.15, -0.1) is 0 Å². The van der Waals surface area contributed by atoms with Gasteiger partial charge in [-0.05, 0) is 34.7 Å². The third-order valence-corrected chi connectivity index (χ3v) is 2.79. The predicted octanol–water partition coefficient (Wildman–Crippen LogP) is 2.00. The minimum atomic E-state index is -0.211. The number of para-hydroxylation sites is 1. The molecule has 0 spiro atoms. The van der Waals surface area contributed by atoms with Crippen LogP contribution in [0.4, 0.5) is 5.69 Å². The van der Waals surface area contributed by atoms with E-state index in [0.29, 0.717) is 11.3 Å². The summed E-state index contributed by atoms with van der Waals surface area (Å²) in [4.78, 5) is 11.8. The summed E-state index contributed by atoms with van der Waals surface area (Å²) in [5, 5.41) is 15.6. The molecule has 0 saturated carbocycles. The van der Waals surface area contributed by atoms with Crippen LogP contribution in [0.2, 0.25) is 0 Å². The van der Waals surface area contributed by atoms with Crippen molar-refractivity contribution < 1.29 is 4.79 Å². The summed E-state index contributed by atoms with van der Waals surface area (Å²) >= 11 is 2.12. The van der Waals surface area contributed by atoms with Gasteiger partial charge < -0.3 is 5.32 Å². The Morgan fingerprint density at radius 3 is 2.94 bits per heavy atom. The number of aromatic nitrogens is 2. The highest BCUT2D eigenvalue weighted by Gasteiger charge is 2.07. The Labute approximate surface area is 118 Å². The van der Waals surface area contributed by atoms with Crippen LogP contribution in [0.25, 0.3) is 0 Å². The molecule has 0 aliphatic heterocycles. The van der Waals surface area contributed by atoms with E-state index in [1.54, 1.807) is 41.3 Å². The van der Waals surface area contributed by atoms with Gasteiger partial charge in [0, 0.05) is 6.20 Å². The molecule has 0 bridgehead atoms. The monoisotopic (exact) mass is 352 g/mol. The molecule has 0 radical (unpaired) electrons. The van der Waals surface area contributed by atoms with Crippen molar-refractivity contribution in [2.24, 2.45) is 0 Å². The van der Waals surface area contributed by atoms with Gasteiger partial charge in [0.05, 0.1) is 21.0 Å². The summed E-state index contributed by atoms with van der Waals surface area (Å²) in [7, 11) is 0. The Kier molecular flexibility index (Phi) is 3.94. The topological polar surface area (TPSA) is 70.7 Å². The van der Waals surface area contributed by atoms with Crippen LogP contribution in [-0.4, -0.2) is 15.7 Å². The van der Waals surface area contributed by atoms with Crippen LogP contribution in [0.15, 0.2) is 36.7 Å². The first-order chi connectivity index (χ1) is 8.69. The van der Waals surface area contributed by atoms with E-state index >= 15 is 0 Å². The van der Waals surface area contributed by atoms with Crippen molar-refractivity contribution >= 4 is 34.2 Å². The average Bonchev–Trinajstić information content (AvgIpc) is 2.75. The third kappa shape index (κ3) is 3.07. The zero-order chi connectivity index (χ0) is 13.0. The third-order valence-electron chi connectivity index (χ3n) is 2.23. The maximum Gasteiger partial charge on any atom is 0.246 e. The highest BCUT2D eigenvalue weighted by Crippen LogP contribution is 2.13. The van der Waals surface area contributed by atoms with Crippen LogP contribution in [0.3, 0.4) is 0 Å². The number of nitriles is 1. The number of anilines is 1. The summed E-state index contributed by atoms with van der Waals surface area (Å²) in [6, 6.07) is 8.91. The Balaban J connectivity index is 2.06. The summed E-state index contributed by atoms with van der Waals surface area (Å²) in [5.41, 5.74) is 0.966. The average molecular weight is 352 g/mol. The molecule has 18 heavy (non-hydrogen) atoms. The van der Waals surface area contributed by atoms with Gasteiger partial charge in [-0.3, -0.25) is 9.48 Å². The van der Waals surface area contributed by atoms with Gasteiger partial charge in [-0.25, -0.2) is 0 Å². The van der Waals surface area contributed by atoms with E-state index in [1.807, 2.05) is 6.07 Å². The van der Waals surface area contributed by atoms with Crippen LogP contribution in [-0.2, 0) is 11.3 Å². The fourth-order valence-corrected chi connectivity index (χ4v) is 1.90. The van der Waals surface area contributed by atoms with E-state index in [1.165, 1.54) is 0 Å². The number of rotatable bonds is 3. The molecule has 6 heteroatoms. The number of benzene rings is 1. The SMILES string of the molecule is N#Cc1ccccc1NC(=O)Cn1cc(I)cn1. The lowest BCUT2D eigenvalue weighted by Gasteiger charge is -2.06. The molecule has 0 unspecified atom stereocenters. The number of nitrogens with one attached hydrogen (secondary N) is 1. The molecule has 0 aliphatic rings. The molecule has 2 rings (SSSR count). The smallest absolute Gasteiger partial charge is 0.246 e. The molecular weight excluding hydrogens is 343 g/mol. The standard InChI is InChI=1S/C12H9IN4O/c13-10-6-15-17(7-10)8-12(18)16-11-4-2-1-3-9(11)5-14/h1-4,6-7H,8H2,(H,16,18). The molecule has 90 valence electrons. The number of carbonyl (C=O) groups is 1. The number of hydrogen-bond acceptors (Lipinski definition) is 3. The van der Waals surface area contributed by atoms with Crippen molar-refractivity contribution in [2.75, 3.05) is 5.32 Å². The fourth-order valence-electron chi connectivity index (χ4n) is 1.45. The number of halogens is 1. The Morgan fingerprint density at radius 1 is 1.50 bits per heavy atom. The van der Waals surface area contributed by atoms with Crippen LogP contribution in [0, 0.1) is 14.9 Å². The second kappa shape index (κ2) is 5.64. The quantitative estimate of drug-likeness (QED) is 0.859. The van der Waals surface area contributed by atoms with Gasteiger partial charge in [0.25, 0.3) is 0 Å². The zero-order valence-corrected chi connectivity index (χ0v) is 11.5. The molecule has 0 atom stereocenters. The summed E-state index contributed by atoms with van der Waals surface area (Å²) in [6.07, 6.45) is 3.45. The fraction of sp³-hybridized carbons (Fsp3) is 0.0833. The maximum absolute atomic E-state index is 11.8. The predicted molar refractivity (Wildman–Crippen MR) is 74.7 cm³/mol. The number of hydrogen-bond donors (Lipinski definition) is 1. The van der Waals surface area contributed by atoms with E-state index in [4.69, 9.17) is 5.26 Å². The molecule has 0 aliphatic carbocycles. The van der Waals surface area contributed by atoms with Crippen molar-refractivity contribution in [1.29, 1.82) is 5.26 Å². The van der Waals surface area contributed by atoms with Crippen molar-refractivity contribution in [3.05, 3.63) is 45.8 Å². The minimum Gasteiger partial charge on any atom is -0.323 e. The number of carbonyl (C=O) groups excluding carboxylic acids is 1. The first kappa shape index (κ1) is 12.6. The van der Waals surface area contributed by atoms with E-state index in [2.05, 4.69) is 33.0 Å². The first-order valence-corrected chi connectivity index (χ1v) is 6.24. The highest BCUT2D eigenvalue weighted by molar-refractivity contribution is 14.1. The minimum absolute atomic E-state index is 0.128. The lowest BCUT2D eigenvalue weighted by atomic mass is 10.2. The Morgan fingerprint density at radius 2 is 2.28 bits per heavy atom. The van der Waals surface area contributed by atoms with Crippen molar-refractivity contribution in [3.63, 3.8) is 0 Å². The summed E-state index contributed by atoms with van der Waals surface area (Å²) in [6.45, 7) is 0.128. The summed E-state index contributed by atoms with van der Waals surface area (Å²) in [5.74, 6) is -0.211. The van der Waals surface area contributed by atoms with Gasteiger partial charge in [-0.2, -0.15) is 10.4 Å². The highest BCUT2D eigenvalue weighted by atomic mass is 127. The molecule has 1 aromatic heterocycles. The zero-order valence-electron chi connectivity index (χ0n) is 9.30. The van der Waals surface area contributed by atoms with Gasteiger partial charge in [0.1, 0.15) is 12.6 Å². The molecule has 0 saturated heterocycles. The molecule has 1 amide bonds. The van der Waals surface area contributed by atoms with Crippen molar-refractivity contribution in [2.45, 2.75) is 6.54 Å². The summed E-state index contributed by atoms with van der Waals surface area (Å²) < 4.78 is 2.52. The van der Waals surface area contributed by atoms with Crippen LogP contribution in [0.1, 0.15) is 5.56 Å². The van der Waals surface area contributed by atoms with E-state index in [-0.39, 0.29) is 12.5 Å². The van der Waals surface area contributed by atoms with Crippen LogP contribution in [0.5, 0.6) is 0 Å². The molecular formula is C12H9IN4O. The molecule has 1 heterocycles. The molecule has 1 N–H and O–H groups in total. The largest absolute Gasteiger partial charge is 0.323 e. The molecule has 2 aromatic rings. The van der Waals surface area contributed by atoms with Crippen molar-refractivity contribution in [1.82, 2.24) is 9.78 Å². The second-order valence-corrected chi connectivity index (χ2v) is 4.81. The van der Waals surface area contributed by atoms with Gasteiger partial charge in [0.15, 0.2) is 0 Å². The van der Waals surface area contributed by atoms with Crippen LogP contribution >= 0.6 is 22.6 Å². The maximum atomic E-state index is 11.8. The Bertz CT molecular complexity index is 615. The van der Waals surface area contributed by atoms with Gasteiger partial charge in [0.2, 0.25) is 5.91 Å². The number of amides is 1. The lowest BCUT2D eigenvalue weighted by molar-refractivity contribution is -0.116. The first-order valence-electron chi connectivity index (χ1n) is 5.16. The second-order valence-electron chi connectivity index (χ2n) is 3.56. The van der Waals surface area contributed by atoms with E-state index < -0.39 is 0 Å². The normalized spacial score (nSPS) is 9.78. The lowest BCUT2D eigenvalue weighted by Crippen LogP contribution is -2.19. The molecule has 1 aromatic carbocycles. The van der Waals surface area contributed by atoms with Crippen LogP contribution < -0.4 is 5.32 Å². The number of nitrogens with zero attached hydrogens (tertiary/aromatic N) is 3. The molecule has 0 fully saturated rings. The van der Waals surface area contributed by atoms with E-state index in [9.17, 15) is 4.79 Å². The van der Waals surface area contributed by atoms with Gasteiger partial charge >= 0.3 is 0 Å². The molecule has 5 nitrogen and oxygen atoms in total. The van der Waals surface area contributed by atoms with Gasteiger partial charge in [-0.1, -0.05) is 12.1 Å².